The lowest BCUT2D eigenvalue weighted by atomic mass is 9.62. The molecule has 0 unspecified atom stereocenters. The van der Waals surface area contributed by atoms with E-state index in [-0.39, 0.29) is 10.8 Å². The van der Waals surface area contributed by atoms with Crippen LogP contribution in [0.1, 0.15) is 76.6 Å². The predicted octanol–water partition coefficient (Wildman–Crippen LogP) is 3.99. The zero-order valence-electron chi connectivity index (χ0n) is 15.2. The maximum atomic E-state index is 10.9. The third-order valence-electron chi connectivity index (χ3n) is 5.18. The fraction of sp³-hybridized carbons (Fsp3) is 0.579. The number of nitrogens with zero attached hydrogens (tertiary/aromatic N) is 1. The van der Waals surface area contributed by atoms with Crippen LogP contribution in [0.5, 0.6) is 0 Å². The van der Waals surface area contributed by atoms with Gasteiger partial charge in [-0.3, -0.25) is 0 Å². The molecule has 4 nitrogen and oxygen atoms in total. The minimum atomic E-state index is -0.637. The summed E-state index contributed by atoms with van der Waals surface area (Å²) in [7, 11) is 0. The number of aryl methyl sites for hydroxylation is 1. The highest BCUT2D eigenvalue weighted by Crippen LogP contribution is 2.46. The van der Waals surface area contributed by atoms with Crippen molar-refractivity contribution < 1.29 is 4.79 Å². The SMILES string of the molecule is CCc1cc2c(cc1/C(C)=N\NC(N)=O)C(C)(C)CCC2(C)C. The van der Waals surface area contributed by atoms with E-state index < -0.39 is 6.03 Å². The van der Waals surface area contributed by atoms with Gasteiger partial charge in [-0.15, -0.1) is 0 Å². The van der Waals surface area contributed by atoms with Crippen molar-refractivity contribution >= 4 is 11.7 Å². The molecule has 0 heterocycles. The summed E-state index contributed by atoms with van der Waals surface area (Å²) in [5.41, 5.74) is 13.8. The normalized spacial score (nSPS) is 19.1. The minimum Gasteiger partial charge on any atom is -0.350 e. The van der Waals surface area contributed by atoms with Gasteiger partial charge in [-0.2, -0.15) is 5.10 Å². The molecule has 0 fully saturated rings. The van der Waals surface area contributed by atoms with E-state index in [0.29, 0.717) is 0 Å². The Hall–Kier alpha value is -1.84. The Balaban J connectivity index is 2.62. The summed E-state index contributed by atoms with van der Waals surface area (Å²) in [6.07, 6.45) is 3.31. The third-order valence-corrected chi connectivity index (χ3v) is 5.18. The molecule has 126 valence electrons. The van der Waals surface area contributed by atoms with Crippen LogP contribution in [0, 0.1) is 0 Å². The number of hydrogen-bond acceptors (Lipinski definition) is 2. The van der Waals surface area contributed by atoms with Crippen molar-refractivity contribution in [3.05, 3.63) is 34.4 Å². The lowest BCUT2D eigenvalue weighted by Gasteiger charge is -2.42. The van der Waals surface area contributed by atoms with Gasteiger partial charge in [-0.1, -0.05) is 40.7 Å². The molecule has 1 aliphatic carbocycles. The molecule has 1 aromatic carbocycles. The minimum absolute atomic E-state index is 0.156. The molecule has 0 aliphatic heterocycles. The first kappa shape index (κ1) is 17.5. The number of nitrogens with one attached hydrogen (secondary N) is 1. The molecule has 2 rings (SSSR count). The smallest absolute Gasteiger partial charge is 0.332 e. The Kier molecular flexibility index (Phi) is 4.56. The van der Waals surface area contributed by atoms with Crippen LogP contribution < -0.4 is 11.2 Å². The Morgan fingerprint density at radius 1 is 1.17 bits per heavy atom. The van der Waals surface area contributed by atoms with E-state index in [4.69, 9.17) is 5.73 Å². The number of hydrogen-bond donors (Lipinski definition) is 2. The van der Waals surface area contributed by atoms with Gasteiger partial charge in [0, 0.05) is 5.56 Å². The van der Waals surface area contributed by atoms with Gasteiger partial charge >= 0.3 is 6.03 Å². The molecule has 23 heavy (non-hydrogen) atoms. The van der Waals surface area contributed by atoms with Crippen molar-refractivity contribution in [1.82, 2.24) is 5.43 Å². The summed E-state index contributed by atoms with van der Waals surface area (Å²) in [6, 6.07) is 3.98. The summed E-state index contributed by atoms with van der Waals surface area (Å²) in [6.45, 7) is 13.3. The zero-order chi connectivity index (χ0) is 17.4. The maximum Gasteiger partial charge on any atom is 0.332 e. The molecular formula is C19H29N3O. The summed E-state index contributed by atoms with van der Waals surface area (Å²) in [5.74, 6) is 0. The number of urea groups is 1. The van der Waals surface area contributed by atoms with Crippen LogP contribution >= 0.6 is 0 Å². The number of fused-ring (bicyclic) bond motifs is 1. The highest BCUT2D eigenvalue weighted by Gasteiger charge is 2.37. The Morgan fingerprint density at radius 2 is 1.70 bits per heavy atom. The molecule has 0 radical (unpaired) electrons. The van der Waals surface area contributed by atoms with Gasteiger partial charge in [0.05, 0.1) is 5.71 Å². The van der Waals surface area contributed by atoms with Gasteiger partial charge in [0.1, 0.15) is 0 Å². The molecule has 0 saturated carbocycles. The lowest BCUT2D eigenvalue weighted by molar-refractivity contribution is 0.249. The molecule has 0 spiro atoms. The van der Waals surface area contributed by atoms with Crippen LogP contribution in [0.15, 0.2) is 17.2 Å². The number of hydrazone groups is 1. The fourth-order valence-electron chi connectivity index (χ4n) is 3.49. The van der Waals surface area contributed by atoms with Crippen LogP contribution in [-0.2, 0) is 17.3 Å². The second-order valence-electron chi connectivity index (χ2n) is 7.85. The maximum absolute atomic E-state index is 10.9. The second-order valence-corrected chi connectivity index (χ2v) is 7.85. The van der Waals surface area contributed by atoms with Crippen molar-refractivity contribution in [3.63, 3.8) is 0 Å². The number of benzene rings is 1. The van der Waals surface area contributed by atoms with Crippen molar-refractivity contribution in [1.29, 1.82) is 0 Å². The summed E-state index contributed by atoms with van der Waals surface area (Å²) < 4.78 is 0. The standard InChI is InChI=1S/C19H29N3O/c1-7-13-10-15-16(19(5,6)9-8-18(15,3)4)11-14(13)12(2)21-22-17(20)23/h10-11H,7-9H2,1-6H3,(H3,20,22,23)/b21-12-. The van der Waals surface area contributed by atoms with Gasteiger partial charge < -0.3 is 5.73 Å². The number of primary amides is 1. The largest absolute Gasteiger partial charge is 0.350 e. The van der Waals surface area contributed by atoms with Crippen LogP contribution in [-0.4, -0.2) is 11.7 Å². The highest BCUT2D eigenvalue weighted by molar-refractivity contribution is 6.00. The van der Waals surface area contributed by atoms with Gasteiger partial charge in [-0.05, 0) is 59.8 Å². The van der Waals surface area contributed by atoms with Crippen LogP contribution in [0.3, 0.4) is 0 Å². The monoisotopic (exact) mass is 315 g/mol. The van der Waals surface area contributed by atoms with E-state index in [1.54, 1.807) is 0 Å². The summed E-state index contributed by atoms with van der Waals surface area (Å²) in [4.78, 5) is 10.9. The van der Waals surface area contributed by atoms with Gasteiger partial charge in [-0.25, -0.2) is 10.2 Å². The first-order valence-electron chi connectivity index (χ1n) is 8.36. The molecule has 3 N–H and O–H groups in total. The topological polar surface area (TPSA) is 67.5 Å². The molecule has 1 aromatic rings. The molecular weight excluding hydrogens is 286 g/mol. The van der Waals surface area contributed by atoms with E-state index in [0.717, 1.165) is 17.7 Å². The van der Waals surface area contributed by atoms with Crippen molar-refractivity contribution in [2.75, 3.05) is 0 Å². The van der Waals surface area contributed by atoms with E-state index in [9.17, 15) is 4.79 Å². The second kappa shape index (κ2) is 5.99. The van der Waals surface area contributed by atoms with Gasteiger partial charge in [0.25, 0.3) is 0 Å². The average Bonchev–Trinajstić information content (AvgIpc) is 2.48. The molecule has 2 amide bonds. The first-order valence-corrected chi connectivity index (χ1v) is 8.36. The number of carbonyl (C=O) groups excluding carboxylic acids is 1. The fourth-order valence-corrected chi connectivity index (χ4v) is 3.49. The average molecular weight is 315 g/mol. The number of carbonyl (C=O) groups is 1. The molecule has 0 aromatic heterocycles. The zero-order valence-corrected chi connectivity index (χ0v) is 15.2. The van der Waals surface area contributed by atoms with Crippen LogP contribution in [0.4, 0.5) is 4.79 Å². The number of amides is 2. The first-order chi connectivity index (χ1) is 10.6. The van der Waals surface area contributed by atoms with Crippen LogP contribution in [0.2, 0.25) is 0 Å². The Bertz CT molecular complexity index is 657. The molecule has 4 heteroatoms. The van der Waals surface area contributed by atoms with Crippen LogP contribution in [0.25, 0.3) is 0 Å². The Morgan fingerprint density at radius 3 is 2.17 bits per heavy atom. The Labute approximate surface area is 139 Å². The quantitative estimate of drug-likeness (QED) is 0.642. The molecule has 1 aliphatic rings. The van der Waals surface area contributed by atoms with Crippen molar-refractivity contribution in [3.8, 4) is 0 Å². The van der Waals surface area contributed by atoms with Gasteiger partial charge in [0.15, 0.2) is 0 Å². The number of rotatable bonds is 3. The van der Waals surface area contributed by atoms with E-state index in [2.05, 4.69) is 57.3 Å². The lowest BCUT2D eigenvalue weighted by Crippen LogP contribution is -2.34. The molecule has 0 atom stereocenters. The predicted molar refractivity (Wildman–Crippen MR) is 96.0 cm³/mol. The van der Waals surface area contributed by atoms with Gasteiger partial charge in [0.2, 0.25) is 0 Å². The third kappa shape index (κ3) is 3.41. The van der Waals surface area contributed by atoms with Crippen molar-refractivity contribution in [2.45, 2.75) is 71.6 Å². The van der Waals surface area contributed by atoms with E-state index in [1.165, 1.54) is 29.5 Å². The summed E-state index contributed by atoms with van der Waals surface area (Å²) in [5, 5.41) is 4.13. The highest BCUT2D eigenvalue weighted by atomic mass is 16.2. The molecule has 0 bridgehead atoms. The van der Waals surface area contributed by atoms with E-state index in [1.807, 2.05) is 6.92 Å². The molecule has 0 saturated heterocycles. The van der Waals surface area contributed by atoms with E-state index >= 15 is 0 Å². The number of nitrogens with two attached hydrogens (primary N) is 1. The summed E-state index contributed by atoms with van der Waals surface area (Å²) >= 11 is 0. The van der Waals surface area contributed by atoms with Crippen molar-refractivity contribution in [2.24, 2.45) is 10.8 Å².